The molecule has 0 spiro atoms. The Morgan fingerprint density at radius 1 is 1.21 bits per heavy atom. The van der Waals surface area contributed by atoms with Gasteiger partial charge >= 0.3 is 5.69 Å². The second kappa shape index (κ2) is 4.63. The van der Waals surface area contributed by atoms with E-state index in [4.69, 9.17) is 0 Å². The Labute approximate surface area is 103 Å². The van der Waals surface area contributed by atoms with E-state index >= 15 is 0 Å². The van der Waals surface area contributed by atoms with Gasteiger partial charge in [0, 0.05) is 5.56 Å². The largest absolute Gasteiger partial charge is 0.492 e. The summed E-state index contributed by atoms with van der Waals surface area (Å²) >= 11 is 0. The number of hydrogen-bond acceptors (Lipinski definition) is 3. The SMILES string of the molecule is O=c1[nH]c(=O)n(Cc2cc(F)ccc2F)c(O)c1F. The van der Waals surface area contributed by atoms with Crippen molar-refractivity contribution in [1.29, 1.82) is 0 Å². The van der Waals surface area contributed by atoms with Crippen LogP contribution in [0.25, 0.3) is 0 Å². The number of hydrogen-bond donors (Lipinski definition) is 2. The molecule has 8 heteroatoms. The van der Waals surface area contributed by atoms with Crippen molar-refractivity contribution in [1.82, 2.24) is 9.55 Å². The van der Waals surface area contributed by atoms with Gasteiger partial charge in [-0.05, 0) is 18.2 Å². The molecular formula is C11H7F3N2O3. The summed E-state index contributed by atoms with van der Waals surface area (Å²) in [6.07, 6.45) is 0. The number of benzene rings is 1. The van der Waals surface area contributed by atoms with Gasteiger partial charge < -0.3 is 5.11 Å². The van der Waals surface area contributed by atoms with Crippen LogP contribution in [0.2, 0.25) is 0 Å². The van der Waals surface area contributed by atoms with Crippen LogP contribution in [0.1, 0.15) is 5.56 Å². The molecule has 0 radical (unpaired) electrons. The van der Waals surface area contributed by atoms with Crippen molar-refractivity contribution in [2.45, 2.75) is 6.54 Å². The molecule has 0 atom stereocenters. The van der Waals surface area contributed by atoms with Crippen molar-refractivity contribution in [2.75, 3.05) is 0 Å². The first-order valence-electron chi connectivity index (χ1n) is 5.05. The molecular weight excluding hydrogens is 265 g/mol. The van der Waals surface area contributed by atoms with Crippen molar-refractivity contribution >= 4 is 0 Å². The van der Waals surface area contributed by atoms with Gasteiger partial charge in [-0.1, -0.05) is 0 Å². The van der Waals surface area contributed by atoms with Gasteiger partial charge in [-0.2, -0.15) is 4.39 Å². The maximum atomic E-state index is 13.4. The lowest BCUT2D eigenvalue weighted by atomic mass is 10.2. The van der Waals surface area contributed by atoms with Crippen LogP contribution in [0.4, 0.5) is 13.2 Å². The number of nitrogens with zero attached hydrogens (tertiary/aromatic N) is 1. The van der Waals surface area contributed by atoms with Crippen LogP contribution in [0.5, 0.6) is 5.88 Å². The highest BCUT2D eigenvalue weighted by Gasteiger charge is 2.15. The van der Waals surface area contributed by atoms with E-state index in [1.165, 1.54) is 0 Å². The normalized spacial score (nSPS) is 10.7. The molecule has 100 valence electrons. The molecule has 5 nitrogen and oxygen atoms in total. The van der Waals surface area contributed by atoms with Crippen LogP contribution < -0.4 is 11.2 Å². The zero-order chi connectivity index (χ0) is 14.2. The molecule has 0 aliphatic heterocycles. The summed E-state index contributed by atoms with van der Waals surface area (Å²) in [4.78, 5) is 23.8. The summed E-state index contributed by atoms with van der Waals surface area (Å²) in [6.45, 7) is -0.623. The van der Waals surface area contributed by atoms with Crippen LogP contribution in [0.3, 0.4) is 0 Å². The minimum absolute atomic E-state index is 0.274. The Morgan fingerprint density at radius 3 is 2.58 bits per heavy atom. The third-order valence-electron chi connectivity index (χ3n) is 2.45. The topological polar surface area (TPSA) is 75.1 Å². The minimum Gasteiger partial charge on any atom is -0.492 e. The fourth-order valence-corrected chi connectivity index (χ4v) is 1.52. The third kappa shape index (κ3) is 2.37. The summed E-state index contributed by atoms with van der Waals surface area (Å²) in [7, 11) is 0. The Bertz CT molecular complexity index is 752. The lowest BCUT2D eigenvalue weighted by Crippen LogP contribution is -2.32. The average Bonchev–Trinajstić information content (AvgIpc) is 2.36. The van der Waals surface area contributed by atoms with Crippen molar-refractivity contribution in [3.05, 3.63) is 62.1 Å². The van der Waals surface area contributed by atoms with Gasteiger partial charge in [0.1, 0.15) is 11.6 Å². The summed E-state index contributed by atoms with van der Waals surface area (Å²) in [6, 6.07) is 2.49. The summed E-state index contributed by atoms with van der Waals surface area (Å²) in [5, 5.41) is 9.33. The molecule has 0 bridgehead atoms. The van der Waals surface area contributed by atoms with E-state index in [0.29, 0.717) is 4.57 Å². The molecule has 0 aliphatic rings. The zero-order valence-corrected chi connectivity index (χ0v) is 9.28. The molecule has 2 rings (SSSR count). The molecule has 2 N–H and O–H groups in total. The number of aromatic hydroxyl groups is 1. The molecule has 0 amide bonds. The molecule has 0 aliphatic carbocycles. The summed E-state index contributed by atoms with van der Waals surface area (Å²) in [5.74, 6) is -4.40. The molecule has 1 aromatic heterocycles. The first-order valence-corrected chi connectivity index (χ1v) is 5.05. The van der Waals surface area contributed by atoms with Crippen LogP contribution in [0.15, 0.2) is 27.8 Å². The Balaban J connectivity index is 2.56. The molecule has 0 fully saturated rings. The Hall–Kier alpha value is -2.51. The lowest BCUT2D eigenvalue weighted by Gasteiger charge is -2.09. The number of aromatic nitrogens is 2. The van der Waals surface area contributed by atoms with Crippen LogP contribution in [-0.2, 0) is 6.54 Å². The maximum absolute atomic E-state index is 13.4. The zero-order valence-electron chi connectivity index (χ0n) is 9.28. The van der Waals surface area contributed by atoms with Crippen LogP contribution in [0, 0.1) is 17.5 Å². The quantitative estimate of drug-likeness (QED) is 0.845. The predicted octanol–water partition coefficient (Wildman–Crippen LogP) is 0.708. The first kappa shape index (κ1) is 12.9. The van der Waals surface area contributed by atoms with Crippen LogP contribution in [-0.4, -0.2) is 14.7 Å². The van der Waals surface area contributed by atoms with Gasteiger partial charge in [0.05, 0.1) is 6.54 Å². The molecule has 0 saturated carbocycles. The van der Waals surface area contributed by atoms with E-state index < -0.39 is 41.1 Å². The second-order valence-electron chi connectivity index (χ2n) is 3.72. The minimum atomic E-state index is -1.57. The lowest BCUT2D eigenvalue weighted by molar-refractivity contribution is 0.366. The van der Waals surface area contributed by atoms with E-state index in [9.17, 15) is 27.9 Å². The monoisotopic (exact) mass is 272 g/mol. The standard InChI is InChI=1S/C11H7F3N2O3/c12-6-1-2-7(13)5(3-6)4-16-10(18)8(14)9(17)15-11(16)19/h1-3,18H,4H2,(H,15,17,19). The maximum Gasteiger partial charge on any atom is 0.331 e. The van der Waals surface area contributed by atoms with Gasteiger partial charge in [-0.3, -0.25) is 14.3 Å². The highest BCUT2D eigenvalue weighted by atomic mass is 19.1. The van der Waals surface area contributed by atoms with Gasteiger partial charge in [-0.15, -0.1) is 0 Å². The average molecular weight is 272 g/mol. The molecule has 19 heavy (non-hydrogen) atoms. The van der Waals surface area contributed by atoms with Gasteiger partial charge in [-0.25, -0.2) is 13.6 Å². The van der Waals surface area contributed by atoms with Gasteiger partial charge in [0.25, 0.3) is 5.56 Å². The molecule has 2 aromatic rings. The Kier molecular flexibility index (Phi) is 3.16. The smallest absolute Gasteiger partial charge is 0.331 e. The van der Waals surface area contributed by atoms with Gasteiger partial charge in [0.2, 0.25) is 11.7 Å². The van der Waals surface area contributed by atoms with Gasteiger partial charge in [0.15, 0.2) is 0 Å². The van der Waals surface area contributed by atoms with Crippen molar-refractivity contribution in [2.24, 2.45) is 0 Å². The highest BCUT2D eigenvalue weighted by molar-refractivity contribution is 5.21. The fourth-order valence-electron chi connectivity index (χ4n) is 1.52. The number of H-pyrrole nitrogens is 1. The predicted molar refractivity (Wildman–Crippen MR) is 58.4 cm³/mol. The highest BCUT2D eigenvalue weighted by Crippen LogP contribution is 2.14. The van der Waals surface area contributed by atoms with E-state index in [0.717, 1.165) is 18.2 Å². The number of aromatic amines is 1. The van der Waals surface area contributed by atoms with Crippen molar-refractivity contribution < 1.29 is 18.3 Å². The second-order valence-corrected chi connectivity index (χ2v) is 3.72. The molecule has 1 heterocycles. The number of nitrogens with one attached hydrogen (secondary N) is 1. The van der Waals surface area contributed by atoms with E-state index in [2.05, 4.69) is 0 Å². The summed E-state index contributed by atoms with van der Waals surface area (Å²) < 4.78 is 39.8. The van der Waals surface area contributed by atoms with Crippen molar-refractivity contribution in [3.8, 4) is 5.88 Å². The molecule has 1 aromatic carbocycles. The van der Waals surface area contributed by atoms with Crippen LogP contribution >= 0.6 is 0 Å². The fraction of sp³-hybridized carbons (Fsp3) is 0.0909. The Morgan fingerprint density at radius 2 is 1.89 bits per heavy atom. The van der Waals surface area contributed by atoms with E-state index in [1.807, 2.05) is 0 Å². The van der Waals surface area contributed by atoms with E-state index in [1.54, 1.807) is 4.98 Å². The van der Waals surface area contributed by atoms with E-state index in [-0.39, 0.29) is 5.56 Å². The number of halogens is 3. The molecule has 0 unspecified atom stereocenters. The summed E-state index contributed by atoms with van der Waals surface area (Å²) in [5.41, 5.74) is -2.80. The number of rotatable bonds is 2. The third-order valence-corrected chi connectivity index (χ3v) is 2.45. The van der Waals surface area contributed by atoms with Crippen molar-refractivity contribution in [3.63, 3.8) is 0 Å². The first-order chi connectivity index (χ1) is 8.90. The molecule has 0 saturated heterocycles.